The van der Waals surface area contributed by atoms with Gasteiger partial charge < -0.3 is 14.2 Å². The van der Waals surface area contributed by atoms with E-state index in [9.17, 15) is 19.2 Å². The lowest BCUT2D eigenvalue weighted by Gasteiger charge is -2.63. The van der Waals surface area contributed by atoms with E-state index in [0.717, 1.165) is 38.5 Å². The summed E-state index contributed by atoms with van der Waals surface area (Å²) in [7, 11) is 1.42. The Morgan fingerprint density at radius 3 is 2.36 bits per heavy atom. The van der Waals surface area contributed by atoms with E-state index in [-0.39, 0.29) is 76.5 Å². The molecule has 0 aliphatic heterocycles. The van der Waals surface area contributed by atoms with Crippen LogP contribution in [0.3, 0.4) is 0 Å². The minimum absolute atomic E-state index is 0.0382. The van der Waals surface area contributed by atoms with Crippen molar-refractivity contribution in [1.82, 2.24) is 0 Å². The molecule has 0 aromatic carbocycles. The molecule has 4 rings (SSSR count). The van der Waals surface area contributed by atoms with E-state index in [2.05, 4.69) is 20.8 Å². The summed E-state index contributed by atoms with van der Waals surface area (Å²) in [5, 5.41) is 0. The number of rotatable bonds is 6. The van der Waals surface area contributed by atoms with Gasteiger partial charge in [-0.2, -0.15) is 0 Å². The highest BCUT2D eigenvalue weighted by Crippen LogP contribution is 2.69. The molecule has 0 heterocycles. The van der Waals surface area contributed by atoms with E-state index in [1.54, 1.807) is 0 Å². The Labute approximate surface area is 215 Å². The molecule has 0 aromatic rings. The van der Waals surface area contributed by atoms with E-state index in [0.29, 0.717) is 25.0 Å². The third-order valence-electron chi connectivity index (χ3n) is 11.0. The number of hydrogen-bond acceptors (Lipinski definition) is 7. The zero-order chi connectivity index (χ0) is 26.4. The first-order chi connectivity index (χ1) is 16.9. The fourth-order valence-corrected chi connectivity index (χ4v) is 9.25. The summed E-state index contributed by atoms with van der Waals surface area (Å²) in [6.45, 7) is 9.76. The van der Waals surface area contributed by atoms with Crippen molar-refractivity contribution in [3.05, 3.63) is 0 Å². The Kier molecular flexibility index (Phi) is 7.60. The molecule has 0 radical (unpaired) electrons. The normalized spacial score (nSPS) is 42.4. The monoisotopic (exact) mass is 504 g/mol. The number of ketones is 1. The molecule has 4 aliphatic rings. The summed E-state index contributed by atoms with van der Waals surface area (Å²) < 4.78 is 17.0. The largest absolute Gasteiger partial charge is 0.469 e. The van der Waals surface area contributed by atoms with Crippen LogP contribution < -0.4 is 0 Å². The Hall–Kier alpha value is -1.92. The molecular formula is C29H44O7. The van der Waals surface area contributed by atoms with Crippen molar-refractivity contribution >= 4 is 23.7 Å². The van der Waals surface area contributed by atoms with E-state index in [1.165, 1.54) is 21.0 Å². The van der Waals surface area contributed by atoms with Gasteiger partial charge in [-0.15, -0.1) is 0 Å². The van der Waals surface area contributed by atoms with Crippen molar-refractivity contribution < 1.29 is 33.4 Å². The summed E-state index contributed by atoms with van der Waals surface area (Å²) in [4.78, 5) is 48.9. The Bertz CT molecular complexity index is 898. The fourth-order valence-electron chi connectivity index (χ4n) is 9.25. The van der Waals surface area contributed by atoms with E-state index >= 15 is 0 Å². The van der Waals surface area contributed by atoms with Gasteiger partial charge in [-0.25, -0.2) is 0 Å². The number of Topliss-reactive ketones (excluding diaryl/α,β-unsaturated/α-hetero) is 1. The van der Waals surface area contributed by atoms with Crippen LogP contribution in [0.4, 0.5) is 0 Å². The third-order valence-corrected chi connectivity index (χ3v) is 11.0. The van der Waals surface area contributed by atoms with Crippen LogP contribution in [0.25, 0.3) is 0 Å². The van der Waals surface area contributed by atoms with Crippen LogP contribution in [0.5, 0.6) is 0 Å². The molecule has 202 valence electrons. The molecule has 0 N–H and O–H groups in total. The average Bonchev–Trinajstić information content (AvgIpc) is 3.16. The molecule has 4 saturated carbocycles. The molecule has 0 spiro atoms. The maximum absolute atomic E-state index is 12.4. The zero-order valence-corrected chi connectivity index (χ0v) is 22.8. The van der Waals surface area contributed by atoms with Gasteiger partial charge in [0.05, 0.1) is 7.11 Å². The Morgan fingerprint density at radius 1 is 1.03 bits per heavy atom. The summed E-state index contributed by atoms with van der Waals surface area (Å²) in [6.07, 6.45) is 6.09. The van der Waals surface area contributed by atoms with Crippen molar-refractivity contribution in [2.24, 2.45) is 46.3 Å². The lowest BCUT2D eigenvalue weighted by Crippen LogP contribution is -2.63. The van der Waals surface area contributed by atoms with E-state index in [4.69, 9.17) is 14.2 Å². The average molecular weight is 505 g/mol. The molecule has 4 aliphatic carbocycles. The lowest BCUT2D eigenvalue weighted by molar-refractivity contribution is -0.219. The number of hydrogen-bond donors (Lipinski definition) is 0. The van der Waals surface area contributed by atoms with E-state index in [1.807, 2.05) is 0 Å². The van der Waals surface area contributed by atoms with E-state index < -0.39 is 0 Å². The van der Waals surface area contributed by atoms with Crippen molar-refractivity contribution in [3.8, 4) is 0 Å². The maximum Gasteiger partial charge on any atom is 0.305 e. The topological polar surface area (TPSA) is 96.0 Å². The second-order valence-corrected chi connectivity index (χ2v) is 12.6. The van der Waals surface area contributed by atoms with Gasteiger partial charge in [0.2, 0.25) is 0 Å². The molecule has 4 fully saturated rings. The molecule has 0 bridgehead atoms. The molecule has 0 aromatic heterocycles. The van der Waals surface area contributed by atoms with Gasteiger partial charge in [-0.05, 0) is 73.5 Å². The molecular weight excluding hydrogens is 460 g/mol. The molecule has 7 heteroatoms. The molecule has 7 nitrogen and oxygen atoms in total. The van der Waals surface area contributed by atoms with Gasteiger partial charge in [0.15, 0.2) is 0 Å². The predicted molar refractivity (Wildman–Crippen MR) is 133 cm³/mol. The maximum atomic E-state index is 12.4. The van der Waals surface area contributed by atoms with Gasteiger partial charge in [0.25, 0.3) is 0 Å². The summed E-state index contributed by atoms with van der Waals surface area (Å²) >= 11 is 0. The summed E-state index contributed by atoms with van der Waals surface area (Å²) in [5.74, 6) is 0.944. The van der Waals surface area contributed by atoms with Crippen LogP contribution in [0.2, 0.25) is 0 Å². The van der Waals surface area contributed by atoms with Crippen molar-refractivity contribution in [3.63, 3.8) is 0 Å². The second-order valence-electron chi connectivity index (χ2n) is 12.6. The zero-order valence-electron chi connectivity index (χ0n) is 22.8. The highest BCUT2D eigenvalue weighted by atomic mass is 16.5. The third kappa shape index (κ3) is 4.60. The molecule has 36 heavy (non-hydrogen) atoms. The summed E-state index contributed by atoms with van der Waals surface area (Å²) in [6, 6.07) is 0. The molecule has 10 atom stereocenters. The van der Waals surface area contributed by atoms with Crippen molar-refractivity contribution in [1.29, 1.82) is 0 Å². The quantitative estimate of drug-likeness (QED) is 0.375. The van der Waals surface area contributed by atoms with Crippen LogP contribution >= 0.6 is 0 Å². The van der Waals surface area contributed by atoms with Crippen LogP contribution in [0.1, 0.15) is 92.4 Å². The fraction of sp³-hybridized carbons (Fsp3) is 0.862. The van der Waals surface area contributed by atoms with Crippen molar-refractivity contribution in [2.45, 2.75) is 105 Å². The van der Waals surface area contributed by atoms with Crippen LogP contribution in [-0.4, -0.2) is 43.0 Å². The van der Waals surface area contributed by atoms with Crippen LogP contribution in [-0.2, 0) is 33.4 Å². The highest BCUT2D eigenvalue weighted by Gasteiger charge is 2.67. The van der Waals surface area contributed by atoms with Crippen LogP contribution in [0.15, 0.2) is 0 Å². The van der Waals surface area contributed by atoms with Gasteiger partial charge in [-0.3, -0.25) is 19.2 Å². The Balaban J connectivity index is 1.72. The number of fused-ring (bicyclic) bond motifs is 5. The van der Waals surface area contributed by atoms with Crippen LogP contribution in [0, 0.1) is 46.3 Å². The van der Waals surface area contributed by atoms with Crippen molar-refractivity contribution in [2.75, 3.05) is 7.11 Å². The smallest absolute Gasteiger partial charge is 0.305 e. The summed E-state index contributed by atoms with van der Waals surface area (Å²) in [5.41, 5.74) is -0.308. The van der Waals surface area contributed by atoms with Gasteiger partial charge in [0.1, 0.15) is 18.0 Å². The molecule has 0 amide bonds. The molecule has 0 unspecified atom stereocenters. The minimum atomic E-state index is -0.269. The standard InChI is InChI=1S/C29H44O7/c1-16(7-10-26(33)34-6)21-8-9-22-27-23(15-25(29(21,22)5)36-18(3)31)28(4)12-11-20(32)13-19(28)14-24(27)35-17(2)30/h16,19,21-25,27H,7-15H2,1-6H3/t16-,19-,21+,22-,23-,24+,25-,27-,28-,29+/m0/s1. The lowest BCUT2D eigenvalue weighted by atomic mass is 9.43. The predicted octanol–water partition coefficient (Wildman–Crippen LogP) is 4.89. The first kappa shape index (κ1) is 27.1. The van der Waals surface area contributed by atoms with Gasteiger partial charge >= 0.3 is 17.9 Å². The Morgan fingerprint density at radius 2 is 1.72 bits per heavy atom. The number of esters is 3. The molecule has 0 saturated heterocycles. The highest BCUT2D eigenvalue weighted by molar-refractivity contribution is 5.79. The second kappa shape index (κ2) is 10.1. The SMILES string of the molecule is COC(=O)CC[C@H](C)[C@H]1CC[C@H]2[C@@H]3[C@H](OC(C)=O)C[C@@H]4CC(=O)CC[C@]4(C)[C@H]3C[C@H](OC(C)=O)[C@]12C. The minimum Gasteiger partial charge on any atom is -0.469 e. The first-order valence-corrected chi connectivity index (χ1v) is 13.8. The number of methoxy groups -OCH3 is 1. The number of carbonyl (C=O) groups excluding carboxylic acids is 4. The van der Waals surface area contributed by atoms with Gasteiger partial charge in [0, 0.05) is 44.4 Å². The van der Waals surface area contributed by atoms with Gasteiger partial charge in [-0.1, -0.05) is 20.8 Å². The first-order valence-electron chi connectivity index (χ1n) is 13.8. The number of carbonyl (C=O) groups is 4. The number of ether oxygens (including phenoxy) is 3.